The van der Waals surface area contributed by atoms with Crippen molar-refractivity contribution in [1.82, 2.24) is 0 Å². The average molecular weight is 351 g/mol. The van der Waals surface area contributed by atoms with Gasteiger partial charge in [0.2, 0.25) is 0 Å². The molecule has 0 saturated heterocycles. The van der Waals surface area contributed by atoms with Crippen LogP contribution in [0, 0.1) is 0 Å². The highest BCUT2D eigenvalue weighted by atomic mass is 35.5. The summed E-state index contributed by atoms with van der Waals surface area (Å²) in [4.78, 5) is 12.9. The number of carbonyl (C=O) groups excluding carboxylic acids is 1. The van der Waals surface area contributed by atoms with Crippen molar-refractivity contribution in [3.8, 4) is 11.1 Å². The van der Waals surface area contributed by atoms with Crippen molar-refractivity contribution in [1.29, 1.82) is 0 Å². The summed E-state index contributed by atoms with van der Waals surface area (Å²) in [7, 11) is -1.14. The van der Waals surface area contributed by atoms with Crippen LogP contribution in [-0.4, -0.2) is 14.6 Å². The highest BCUT2D eigenvalue weighted by Crippen LogP contribution is 2.21. The van der Waals surface area contributed by atoms with E-state index in [1.54, 1.807) is 6.07 Å². The molecule has 3 heteroatoms. The van der Waals surface area contributed by atoms with Crippen LogP contribution in [0.4, 0.5) is 0 Å². The molecule has 0 aromatic heterocycles. The lowest BCUT2D eigenvalue weighted by Crippen LogP contribution is -2.29. The molecular weight excluding hydrogens is 332 g/mol. The maximum atomic E-state index is 12.9. The van der Waals surface area contributed by atoms with Crippen molar-refractivity contribution in [2.24, 2.45) is 0 Å². The summed E-state index contributed by atoms with van der Waals surface area (Å²) in [6.45, 7) is 4.42. The largest absolute Gasteiger partial charge is 0.289 e. The van der Waals surface area contributed by atoms with Gasteiger partial charge in [0.05, 0.1) is 8.80 Å². The SMILES string of the molecule is C[SiH](C)c1cc(Cl)ccc1C(=O)c1ccc(-c2ccccc2)cc1. The molecule has 0 fully saturated rings. The van der Waals surface area contributed by atoms with Crippen LogP contribution in [0.1, 0.15) is 15.9 Å². The maximum Gasteiger partial charge on any atom is 0.192 e. The van der Waals surface area contributed by atoms with Gasteiger partial charge in [-0.15, -0.1) is 0 Å². The Morgan fingerprint density at radius 3 is 2.08 bits per heavy atom. The summed E-state index contributed by atoms with van der Waals surface area (Å²) < 4.78 is 0. The Bertz CT molecular complexity index is 855. The molecule has 0 radical (unpaired) electrons. The molecule has 0 amide bonds. The maximum absolute atomic E-state index is 12.9. The molecule has 0 atom stereocenters. The minimum absolute atomic E-state index is 0.0717. The molecule has 0 unspecified atom stereocenters. The quantitative estimate of drug-likeness (QED) is 0.481. The standard InChI is InChI=1S/C21H19ClOSi/c1-24(2)20-14-18(22)12-13-19(20)21(23)17-10-8-16(9-11-17)15-6-4-3-5-7-15/h3-14,24H,1-2H3. The van der Waals surface area contributed by atoms with Crippen LogP contribution in [0.5, 0.6) is 0 Å². The van der Waals surface area contributed by atoms with E-state index in [2.05, 4.69) is 25.2 Å². The molecule has 0 N–H and O–H groups in total. The van der Waals surface area contributed by atoms with Crippen molar-refractivity contribution >= 4 is 31.4 Å². The summed E-state index contributed by atoms with van der Waals surface area (Å²) in [5.41, 5.74) is 3.77. The second-order valence-corrected chi connectivity index (χ2v) is 9.53. The molecule has 0 aliphatic rings. The van der Waals surface area contributed by atoms with Crippen LogP contribution in [-0.2, 0) is 0 Å². The van der Waals surface area contributed by atoms with Gasteiger partial charge in [0.15, 0.2) is 5.78 Å². The van der Waals surface area contributed by atoms with E-state index in [0.29, 0.717) is 10.6 Å². The van der Waals surface area contributed by atoms with Gasteiger partial charge in [0, 0.05) is 16.1 Å². The first-order valence-electron chi connectivity index (χ1n) is 8.06. The first kappa shape index (κ1) is 16.7. The fourth-order valence-corrected chi connectivity index (χ4v) is 4.47. The Labute approximate surface area is 149 Å². The first-order chi connectivity index (χ1) is 11.6. The van der Waals surface area contributed by atoms with Gasteiger partial charge in [0.25, 0.3) is 0 Å². The van der Waals surface area contributed by atoms with Gasteiger partial charge in [-0.3, -0.25) is 4.79 Å². The summed E-state index contributed by atoms with van der Waals surface area (Å²) in [5, 5.41) is 1.82. The predicted octanol–water partition coefficient (Wildman–Crippen LogP) is 4.93. The number of hydrogen-bond donors (Lipinski definition) is 0. The molecule has 0 spiro atoms. The van der Waals surface area contributed by atoms with Crippen LogP contribution in [0.15, 0.2) is 72.8 Å². The fourth-order valence-electron chi connectivity index (χ4n) is 2.82. The molecule has 24 heavy (non-hydrogen) atoms. The van der Waals surface area contributed by atoms with Gasteiger partial charge >= 0.3 is 0 Å². The molecule has 0 aliphatic carbocycles. The third-order valence-corrected chi connectivity index (χ3v) is 6.09. The molecule has 0 saturated carbocycles. The minimum Gasteiger partial charge on any atom is -0.289 e. The van der Waals surface area contributed by atoms with Crippen molar-refractivity contribution in [2.45, 2.75) is 13.1 Å². The van der Waals surface area contributed by atoms with Crippen LogP contribution in [0.2, 0.25) is 18.1 Å². The summed E-state index contributed by atoms with van der Waals surface area (Å²) in [6, 6.07) is 23.6. The Hall–Kier alpha value is -2.16. The molecule has 0 aliphatic heterocycles. The van der Waals surface area contributed by atoms with Crippen molar-refractivity contribution in [3.05, 3.63) is 88.9 Å². The van der Waals surface area contributed by atoms with E-state index in [4.69, 9.17) is 11.6 Å². The van der Waals surface area contributed by atoms with E-state index >= 15 is 0 Å². The van der Waals surface area contributed by atoms with Crippen LogP contribution >= 0.6 is 11.6 Å². The fraction of sp³-hybridized carbons (Fsp3) is 0.0952. The van der Waals surface area contributed by atoms with Gasteiger partial charge < -0.3 is 0 Å². The molecule has 0 heterocycles. The van der Waals surface area contributed by atoms with Crippen molar-refractivity contribution < 1.29 is 4.79 Å². The lowest BCUT2D eigenvalue weighted by Gasteiger charge is -2.12. The second-order valence-electron chi connectivity index (χ2n) is 6.16. The van der Waals surface area contributed by atoms with Gasteiger partial charge in [-0.05, 0) is 29.3 Å². The molecule has 120 valence electrons. The predicted molar refractivity (Wildman–Crippen MR) is 105 cm³/mol. The Kier molecular flexibility index (Phi) is 4.98. The second kappa shape index (κ2) is 7.16. The Morgan fingerprint density at radius 1 is 0.833 bits per heavy atom. The van der Waals surface area contributed by atoms with Gasteiger partial charge in [-0.1, -0.05) is 84.5 Å². The number of benzene rings is 3. The third-order valence-electron chi connectivity index (χ3n) is 4.13. The topological polar surface area (TPSA) is 17.1 Å². The normalized spacial score (nSPS) is 10.8. The van der Waals surface area contributed by atoms with Gasteiger partial charge in [-0.25, -0.2) is 0 Å². The minimum atomic E-state index is -1.14. The van der Waals surface area contributed by atoms with E-state index in [1.807, 2.05) is 54.6 Å². The van der Waals surface area contributed by atoms with Gasteiger partial charge in [-0.2, -0.15) is 0 Å². The van der Waals surface area contributed by atoms with Crippen LogP contribution in [0.25, 0.3) is 11.1 Å². The number of halogens is 1. The number of ketones is 1. The number of rotatable bonds is 4. The van der Waals surface area contributed by atoms with E-state index in [0.717, 1.165) is 21.9 Å². The molecule has 3 aromatic carbocycles. The zero-order valence-electron chi connectivity index (χ0n) is 13.8. The molecule has 3 aromatic rings. The lowest BCUT2D eigenvalue weighted by atomic mass is 9.99. The average Bonchev–Trinajstić information content (AvgIpc) is 2.62. The third kappa shape index (κ3) is 3.50. The highest BCUT2D eigenvalue weighted by molar-refractivity contribution is 6.72. The zero-order valence-corrected chi connectivity index (χ0v) is 15.7. The van der Waals surface area contributed by atoms with E-state index in [9.17, 15) is 4.79 Å². The van der Waals surface area contributed by atoms with E-state index < -0.39 is 8.80 Å². The monoisotopic (exact) mass is 350 g/mol. The Morgan fingerprint density at radius 2 is 1.46 bits per heavy atom. The highest BCUT2D eigenvalue weighted by Gasteiger charge is 2.16. The van der Waals surface area contributed by atoms with Gasteiger partial charge in [0.1, 0.15) is 0 Å². The van der Waals surface area contributed by atoms with E-state index in [1.165, 1.54) is 0 Å². The summed E-state index contributed by atoms with van der Waals surface area (Å²) in [5.74, 6) is 0.0717. The van der Waals surface area contributed by atoms with Crippen LogP contribution in [0.3, 0.4) is 0 Å². The molecule has 0 bridgehead atoms. The van der Waals surface area contributed by atoms with E-state index in [-0.39, 0.29) is 5.78 Å². The zero-order chi connectivity index (χ0) is 17.1. The smallest absolute Gasteiger partial charge is 0.192 e. The molecular formula is C21H19ClOSi. The summed E-state index contributed by atoms with van der Waals surface area (Å²) in [6.07, 6.45) is 0. The van der Waals surface area contributed by atoms with Crippen molar-refractivity contribution in [2.75, 3.05) is 0 Å². The first-order valence-corrected chi connectivity index (χ1v) is 11.3. The number of carbonyl (C=O) groups is 1. The van der Waals surface area contributed by atoms with Crippen molar-refractivity contribution in [3.63, 3.8) is 0 Å². The Balaban J connectivity index is 1.94. The number of hydrogen-bond acceptors (Lipinski definition) is 1. The molecule has 1 nitrogen and oxygen atoms in total. The summed E-state index contributed by atoms with van der Waals surface area (Å²) >= 11 is 6.11. The van der Waals surface area contributed by atoms with Crippen LogP contribution < -0.4 is 5.19 Å². The molecule has 3 rings (SSSR count). The lowest BCUT2D eigenvalue weighted by molar-refractivity contribution is 0.104.